The molecule has 3 aromatic carbocycles. The van der Waals surface area contributed by atoms with Crippen LogP contribution in [0.15, 0.2) is 71.1 Å². The van der Waals surface area contributed by atoms with Crippen LogP contribution in [-0.4, -0.2) is 36.9 Å². The van der Waals surface area contributed by atoms with Gasteiger partial charge in [-0.25, -0.2) is 4.39 Å². The Hall–Kier alpha value is -3.71. The van der Waals surface area contributed by atoms with E-state index in [4.69, 9.17) is 4.42 Å². The first-order valence-electron chi connectivity index (χ1n) is 9.43. The molecule has 30 heavy (non-hydrogen) atoms. The van der Waals surface area contributed by atoms with Crippen molar-refractivity contribution in [1.82, 2.24) is 4.90 Å². The lowest BCUT2D eigenvalue weighted by Gasteiger charge is -2.16. The van der Waals surface area contributed by atoms with Crippen LogP contribution in [0.5, 0.6) is 0 Å². The number of halogens is 1. The molecule has 2 amide bonds. The van der Waals surface area contributed by atoms with Gasteiger partial charge in [-0.15, -0.1) is 0 Å². The van der Waals surface area contributed by atoms with E-state index < -0.39 is 5.82 Å². The maximum absolute atomic E-state index is 13.2. The van der Waals surface area contributed by atoms with Crippen molar-refractivity contribution in [3.05, 3.63) is 72.5 Å². The largest absolute Gasteiger partial charge is 0.456 e. The zero-order chi connectivity index (χ0) is 21.1. The summed E-state index contributed by atoms with van der Waals surface area (Å²) in [6.45, 7) is 0.0239. The molecule has 6 nitrogen and oxygen atoms in total. The summed E-state index contributed by atoms with van der Waals surface area (Å²) in [6.07, 6.45) is 0. The first-order valence-corrected chi connectivity index (χ1v) is 9.43. The van der Waals surface area contributed by atoms with Crippen LogP contribution in [-0.2, 0) is 9.59 Å². The molecule has 2 N–H and O–H groups in total. The summed E-state index contributed by atoms with van der Waals surface area (Å²) >= 11 is 0. The summed E-state index contributed by atoms with van der Waals surface area (Å²) in [4.78, 5) is 26.1. The van der Waals surface area contributed by atoms with Gasteiger partial charge >= 0.3 is 0 Å². The summed E-state index contributed by atoms with van der Waals surface area (Å²) in [5.74, 6) is -1.01. The number of carbonyl (C=O) groups excluding carboxylic acids is 2. The molecule has 0 aliphatic heterocycles. The Balaban J connectivity index is 1.35. The summed E-state index contributed by atoms with van der Waals surface area (Å²) in [5, 5.41) is 7.36. The molecule has 0 saturated heterocycles. The fraction of sp³-hybridized carbons (Fsp3) is 0.130. The monoisotopic (exact) mass is 405 g/mol. The van der Waals surface area contributed by atoms with Gasteiger partial charge in [0.1, 0.15) is 17.0 Å². The quantitative estimate of drug-likeness (QED) is 0.503. The van der Waals surface area contributed by atoms with E-state index in [-0.39, 0.29) is 24.9 Å². The third-order valence-electron chi connectivity index (χ3n) is 4.60. The van der Waals surface area contributed by atoms with Gasteiger partial charge in [0.2, 0.25) is 11.8 Å². The Morgan fingerprint density at radius 1 is 0.833 bits per heavy atom. The predicted octanol–water partition coefficient (Wildman–Crippen LogP) is 4.23. The molecular weight excluding hydrogens is 385 g/mol. The summed E-state index contributed by atoms with van der Waals surface area (Å²) < 4.78 is 19.0. The van der Waals surface area contributed by atoms with Crippen molar-refractivity contribution in [2.75, 3.05) is 30.8 Å². The number of nitrogens with one attached hydrogen (secondary N) is 2. The van der Waals surface area contributed by atoms with E-state index in [9.17, 15) is 14.0 Å². The molecule has 0 atom stereocenters. The van der Waals surface area contributed by atoms with E-state index in [1.807, 2.05) is 36.4 Å². The summed E-state index contributed by atoms with van der Waals surface area (Å²) in [7, 11) is 1.66. The second-order valence-electron chi connectivity index (χ2n) is 7.09. The van der Waals surface area contributed by atoms with Gasteiger partial charge in [-0.3, -0.25) is 14.5 Å². The average Bonchev–Trinajstić information content (AvgIpc) is 3.05. The number of carbonyl (C=O) groups is 2. The molecule has 0 fully saturated rings. The number of rotatable bonds is 6. The molecule has 0 aliphatic carbocycles. The molecule has 0 aliphatic rings. The van der Waals surface area contributed by atoms with Crippen molar-refractivity contribution in [3.8, 4) is 0 Å². The number of hydrogen-bond acceptors (Lipinski definition) is 4. The molecule has 0 spiro atoms. The van der Waals surface area contributed by atoms with Gasteiger partial charge in [0, 0.05) is 22.1 Å². The second-order valence-corrected chi connectivity index (χ2v) is 7.09. The zero-order valence-electron chi connectivity index (χ0n) is 16.3. The van der Waals surface area contributed by atoms with Crippen LogP contribution in [0.2, 0.25) is 0 Å². The summed E-state index contributed by atoms with van der Waals surface area (Å²) in [6, 6.07) is 18.8. The number of amides is 2. The molecule has 4 rings (SSSR count). The van der Waals surface area contributed by atoms with Crippen LogP contribution < -0.4 is 10.6 Å². The van der Waals surface area contributed by atoms with Gasteiger partial charge in [-0.1, -0.05) is 24.3 Å². The van der Waals surface area contributed by atoms with Crippen molar-refractivity contribution in [3.63, 3.8) is 0 Å². The number of anilines is 2. The van der Waals surface area contributed by atoms with Crippen LogP contribution >= 0.6 is 0 Å². The standard InChI is InChI=1S/C23H20FN3O3/c1-27(13-22(28)25-16-6-4-5-15(24)11-16)14-23(29)26-17-9-10-21-19(12-17)18-7-2-3-8-20(18)30-21/h2-12H,13-14H2,1H3,(H,25,28)(H,26,29). The predicted molar refractivity (Wildman–Crippen MR) is 115 cm³/mol. The third-order valence-corrected chi connectivity index (χ3v) is 4.60. The van der Waals surface area contributed by atoms with Gasteiger partial charge in [0.15, 0.2) is 0 Å². The van der Waals surface area contributed by atoms with Crippen LogP contribution in [0.25, 0.3) is 21.9 Å². The number of hydrogen-bond donors (Lipinski definition) is 2. The number of likely N-dealkylation sites (N-methyl/N-ethyl adjacent to an activating group) is 1. The van der Waals surface area contributed by atoms with E-state index in [0.29, 0.717) is 11.4 Å². The lowest BCUT2D eigenvalue weighted by molar-refractivity contribution is -0.119. The van der Waals surface area contributed by atoms with Gasteiger partial charge in [0.25, 0.3) is 0 Å². The minimum absolute atomic E-state index is 0.00463. The minimum atomic E-state index is -0.428. The maximum Gasteiger partial charge on any atom is 0.238 e. The van der Waals surface area contributed by atoms with E-state index in [2.05, 4.69) is 10.6 Å². The minimum Gasteiger partial charge on any atom is -0.456 e. The fourth-order valence-electron chi connectivity index (χ4n) is 3.32. The average molecular weight is 405 g/mol. The molecule has 152 valence electrons. The van der Waals surface area contributed by atoms with E-state index in [1.165, 1.54) is 18.2 Å². The Kier molecular flexibility index (Phi) is 5.45. The zero-order valence-corrected chi connectivity index (χ0v) is 16.3. The SMILES string of the molecule is CN(CC(=O)Nc1cccc(F)c1)CC(=O)Nc1ccc2oc3ccccc3c2c1. The number of nitrogens with zero attached hydrogens (tertiary/aromatic N) is 1. The van der Waals surface area contributed by atoms with Crippen molar-refractivity contribution in [2.24, 2.45) is 0 Å². The topological polar surface area (TPSA) is 74.6 Å². The van der Waals surface area contributed by atoms with Gasteiger partial charge in [0.05, 0.1) is 13.1 Å². The first-order chi connectivity index (χ1) is 14.5. The Morgan fingerprint density at radius 3 is 2.23 bits per heavy atom. The molecule has 0 saturated carbocycles. The van der Waals surface area contributed by atoms with Crippen molar-refractivity contribution in [1.29, 1.82) is 0 Å². The van der Waals surface area contributed by atoms with Gasteiger partial charge in [-0.05, 0) is 49.5 Å². The highest BCUT2D eigenvalue weighted by molar-refractivity contribution is 6.07. The van der Waals surface area contributed by atoms with E-state index in [1.54, 1.807) is 24.1 Å². The van der Waals surface area contributed by atoms with Gasteiger partial charge < -0.3 is 15.1 Å². The maximum atomic E-state index is 13.2. The number of furan rings is 1. The smallest absolute Gasteiger partial charge is 0.238 e. The molecule has 1 aromatic heterocycles. The molecule has 7 heteroatoms. The van der Waals surface area contributed by atoms with Crippen LogP contribution in [0, 0.1) is 5.82 Å². The number of para-hydroxylation sites is 1. The number of fused-ring (bicyclic) bond motifs is 3. The van der Waals surface area contributed by atoms with Gasteiger partial charge in [-0.2, -0.15) is 0 Å². The molecule has 4 aromatic rings. The molecule has 1 heterocycles. The van der Waals surface area contributed by atoms with Crippen LogP contribution in [0.4, 0.5) is 15.8 Å². The number of benzene rings is 3. The van der Waals surface area contributed by atoms with Crippen molar-refractivity contribution < 1.29 is 18.4 Å². The molecule has 0 bridgehead atoms. The van der Waals surface area contributed by atoms with Crippen LogP contribution in [0.1, 0.15) is 0 Å². The normalized spacial score (nSPS) is 11.2. The Morgan fingerprint density at radius 2 is 1.50 bits per heavy atom. The van der Waals surface area contributed by atoms with E-state index in [0.717, 1.165) is 21.9 Å². The molecular formula is C23H20FN3O3. The highest BCUT2D eigenvalue weighted by atomic mass is 19.1. The Bertz CT molecular complexity index is 1230. The lowest BCUT2D eigenvalue weighted by Crippen LogP contribution is -2.36. The van der Waals surface area contributed by atoms with Crippen molar-refractivity contribution >= 4 is 45.1 Å². The fourth-order valence-corrected chi connectivity index (χ4v) is 3.32. The highest BCUT2D eigenvalue weighted by Crippen LogP contribution is 2.30. The first kappa shape index (κ1) is 19.6. The van der Waals surface area contributed by atoms with E-state index >= 15 is 0 Å². The third kappa shape index (κ3) is 4.47. The van der Waals surface area contributed by atoms with Crippen LogP contribution in [0.3, 0.4) is 0 Å². The van der Waals surface area contributed by atoms with Crippen molar-refractivity contribution in [2.45, 2.75) is 0 Å². The second kappa shape index (κ2) is 8.34. The lowest BCUT2D eigenvalue weighted by atomic mass is 10.1. The molecule has 0 radical (unpaired) electrons. The highest BCUT2D eigenvalue weighted by Gasteiger charge is 2.13. The molecule has 0 unspecified atom stereocenters. The Labute approximate surface area is 172 Å². The summed E-state index contributed by atoms with van der Waals surface area (Å²) in [5.41, 5.74) is 2.57.